The topological polar surface area (TPSA) is 77.8 Å². The lowest BCUT2D eigenvalue weighted by Crippen LogP contribution is -2.00. The quantitative estimate of drug-likeness (QED) is 0.170. The molecule has 8 aromatic carbocycles. The number of hydrogen-bond donors (Lipinski definition) is 0. The molecule has 56 heavy (non-hydrogen) atoms. The van der Waals surface area contributed by atoms with Gasteiger partial charge >= 0.3 is 0 Å². The highest BCUT2D eigenvalue weighted by atomic mass is 16.4. The van der Waals surface area contributed by atoms with Crippen molar-refractivity contribution in [2.45, 2.75) is 0 Å². The minimum Gasteiger partial charge on any atom is -0.456 e. The fraction of sp³-hybridized carbons (Fsp3) is 0. The third-order valence-corrected chi connectivity index (χ3v) is 10.4. The Balaban J connectivity index is 0.908. The normalized spacial score (nSPS) is 11.6. The second-order valence-corrected chi connectivity index (χ2v) is 13.8. The number of para-hydroxylation sites is 1. The summed E-state index contributed by atoms with van der Waals surface area (Å²) >= 11 is 0. The van der Waals surface area contributed by atoms with Gasteiger partial charge in [-0.25, -0.2) is 19.9 Å². The van der Waals surface area contributed by atoms with Crippen molar-refractivity contribution in [3.8, 4) is 67.9 Å². The van der Waals surface area contributed by atoms with E-state index in [4.69, 9.17) is 28.8 Å². The van der Waals surface area contributed by atoms with Gasteiger partial charge in [-0.3, -0.25) is 0 Å². The Bertz CT molecular complexity index is 3170. The number of hydrogen-bond acceptors (Lipinski definition) is 6. The fourth-order valence-corrected chi connectivity index (χ4v) is 7.59. The highest BCUT2D eigenvalue weighted by molar-refractivity contribution is 6.09. The molecular weight excluding hydrogens is 689 g/mol. The monoisotopic (exact) mass is 718 g/mol. The summed E-state index contributed by atoms with van der Waals surface area (Å²) in [7, 11) is 0. The van der Waals surface area contributed by atoms with Crippen molar-refractivity contribution in [1.29, 1.82) is 0 Å². The molecule has 0 atom stereocenters. The molecule has 0 bridgehead atoms. The van der Waals surface area contributed by atoms with E-state index in [9.17, 15) is 0 Å². The Morgan fingerprint density at radius 3 is 1.46 bits per heavy atom. The van der Waals surface area contributed by atoms with Gasteiger partial charge in [0.2, 0.25) is 5.89 Å². The molecule has 0 unspecified atom stereocenters. The van der Waals surface area contributed by atoms with Crippen LogP contribution in [-0.2, 0) is 0 Å². The van der Waals surface area contributed by atoms with Crippen molar-refractivity contribution < 1.29 is 8.83 Å². The van der Waals surface area contributed by atoms with Gasteiger partial charge in [-0.1, -0.05) is 146 Å². The van der Waals surface area contributed by atoms with E-state index >= 15 is 0 Å². The first-order valence-corrected chi connectivity index (χ1v) is 18.5. The SMILES string of the molecule is c1ccc(-c2nc(-c3ccccc3)nc(-c3ccc(-c4ccc(-c5ccc(-c6nc7cc8c(cc7o6)oc6ccccc68)cc5)cc4)c4ccccc34)n2)cc1. The maximum Gasteiger partial charge on any atom is 0.227 e. The first-order chi connectivity index (χ1) is 27.7. The Hall–Kier alpha value is -7.70. The van der Waals surface area contributed by atoms with Crippen LogP contribution in [0.15, 0.2) is 191 Å². The average molecular weight is 719 g/mol. The second kappa shape index (κ2) is 13.0. The zero-order valence-corrected chi connectivity index (χ0v) is 29.9. The van der Waals surface area contributed by atoms with Crippen LogP contribution >= 0.6 is 0 Å². The maximum absolute atomic E-state index is 6.21. The Labute approximate surface area is 321 Å². The van der Waals surface area contributed by atoms with E-state index in [1.165, 1.54) is 0 Å². The maximum atomic E-state index is 6.21. The van der Waals surface area contributed by atoms with Crippen molar-refractivity contribution in [1.82, 2.24) is 19.9 Å². The molecule has 11 rings (SSSR count). The fourth-order valence-electron chi connectivity index (χ4n) is 7.59. The van der Waals surface area contributed by atoms with Gasteiger partial charge in [-0.05, 0) is 63.4 Å². The minimum absolute atomic E-state index is 0.582. The van der Waals surface area contributed by atoms with E-state index in [0.717, 1.165) is 82.7 Å². The van der Waals surface area contributed by atoms with Crippen LogP contribution < -0.4 is 0 Å². The Morgan fingerprint density at radius 2 is 0.804 bits per heavy atom. The van der Waals surface area contributed by atoms with Gasteiger partial charge in [0, 0.05) is 39.1 Å². The first kappa shape index (κ1) is 31.8. The van der Waals surface area contributed by atoms with Gasteiger partial charge in [-0.2, -0.15) is 0 Å². The average Bonchev–Trinajstić information content (AvgIpc) is 3.86. The third-order valence-electron chi connectivity index (χ3n) is 10.4. The summed E-state index contributed by atoms with van der Waals surface area (Å²) in [5.41, 5.74) is 11.4. The molecule has 3 aromatic heterocycles. The molecule has 11 aromatic rings. The van der Waals surface area contributed by atoms with Crippen LogP contribution in [0, 0.1) is 0 Å². The van der Waals surface area contributed by atoms with E-state index in [1.807, 2.05) is 91.0 Å². The first-order valence-electron chi connectivity index (χ1n) is 18.5. The number of furan rings is 1. The predicted molar refractivity (Wildman–Crippen MR) is 225 cm³/mol. The second-order valence-electron chi connectivity index (χ2n) is 13.8. The summed E-state index contributed by atoms with van der Waals surface area (Å²) in [6, 6.07) is 62.1. The van der Waals surface area contributed by atoms with E-state index < -0.39 is 0 Å². The Morgan fingerprint density at radius 1 is 0.286 bits per heavy atom. The summed E-state index contributed by atoms with van der Waals surface area (Å²) in [6.07, 6.45) is 0. The van der Waals surface area contributed by atoms with Crippen LogP contribution in [-0.4, -0.2) is 19.9 Å². The molecule has 3 heterocycles. The molecule has 0 aliphatic heterocycles. The molecule has 0 saturated heterocycles. The van der Waals surface area contributed by atoms with Crippen LogP contribution in [0.4, 0.5) is 0 Å². The van der Waals surface area contributed by atoms with Crippen LogP contribution in [0.1, 0.15) is 0 Å². The predicted octanol–water partition coefficient (Wildman–Crippen LogP) is 13.1. The van der Waals surface area contributed by atoms with Crippen LogP contribution in [0.3, 0.4) is 0 Å². The smallest absolute Gasteiger partial charge is 0.227 e. The van der Waals surface area contributed by atoms with Gasteiger partial charge in [0.1, 0.15) is 16.7 Å². The summed E-state index contributed by atoms with van der Waals surface area (Å²) in [6.45, 7) is 0. The van der Waals surface area contributed by atoms with Gasteiger partial charge in [0.05, 0.1) is 0 Å². The van der Waals surface area contributed by atoms with Gasteiger partial charge < -0.3 is 8.83 Å². The number of rotatable bonds is 6. The van der Waals surface area contributed by atoms with Crippen molar-refractivity contribution in [3.63, 3.8) is 0 Å². The summed E-state index contributed by atoms with van der Waals surface area (Å²) in [5.74, 6) is 2.51. The van der Waals surface area contributed by atoms with Crippen LogP contribution in [0.5, 0.6) is 0 Å². The number of oxazole rings is 1. The summed E-state index contributed by atoms with van der Waals surface area (Å²) in [4.78, 5) is 19.8. The highest BCUT2D eigenvalue weighted by Crippen LogP contribution is 2.38. The summed E-state index contributed by atoms with van der Waals surface area (Å²) in [5, 5.41) is 4.32. The molecule has 6 nitrogen and oxygen atoms in total. The van der Waals surface area contributed by atoms with Crippen molar-refractivity contribution in [3.05, 3.63) is 182 Å². The van der Waals surface area contributed by atoms with Crippen LogP contribution in [0.2, 0.25) is 0 Å². The van der Waals surface area contributed by atoms with E-state index in [-0.39, 0.29) is 0 Å². The number of benzene rings is 8. The van der Waals surface area contributed by atoms with Gasteiger partial charge in [-0.15, -0.1) is 0 Å². The van der Waals surface area contributed by atoms with Crippen molar-refractivity contribution in [2.24, 2.45) is 0 Å². The van der Waals surface area contributed by atoms with Gasteiger partial charge in [0.15, 0.2) is 23.1 Å². The molecule has 262 valence electrons. The molecule has 0 spiro atoms. The van der Waals surface area contributed by atoms with E-state index in [0.29, 0.717) is 28.9 Å². The zero-order valence-electron chi connectivity index (χ0n) is 29.9. The minimum atomic E-state index is 0.582. The van der Waals surface area contributed by atoms with E-state index in [2.05, 4.69) is 91.0 Å². The summed E-state index contributed by atoms with van der Waals surface area (Å²) < 4.78 is 12.3. The van der Waals surface area contributed by atoms with Crippen molar-refractivity contribution >= 4 is 43.8 Å². The van der Waals surface area contributed by atoms with Gasteiger partial charge in [0.25, 0.3) is 0 Å². The molecule has 0 saturated carbocycles. The molecule has 6 heteroatoms. The standard InChI is InChI=1S/C50H30N4O2/c1-3-11-34(12-4-1)47-52-48(35-13-5-2-6-14-35)54-49(53-47)41-28-27-37(38-15-7-8-16-39(38)41)33-23-19-31(20-24-33)32-21-25-36(26-22-32)50-51-43-29-42-40-17-9-10-18-44(40)55-45(42)30-46(43)56-50/h1-30H. The lowest BCUT2D eigenvalue weighted by atomic mass is 9.93. The molecule has 0 aliphatic carbocycles. The van der Waals surface area contributed by atoms with Crippen molar-refractivity contribution in [2.75, 3.05) is 0 Å². The molecule has 0 radical (unpaired) electrons. The molecule has 0 amide bonds. The lowest BCUT2D eigenvalue weighted by Gasteiger charge is -2.13. The van der Waals surface area contributed by atoms with E-state index in [1.54, 1.807) is 0 Å². The molecular formula is C50H30N4O2. The number of aromatic nitrogens is 4. The Kier molecular flexibility index (Phi) is 7.38. The highest BCUT2D eigenvalue weighted by Gasteiger charge is 2.17. The molecule has 0 aliphatic rings. The largest absolute Gasteiger partial charge is 0.456 e. The molecule has 0 N–H and O–H groups in total. The molecule has 0 fully saturated rings. The lowest BCUT2D eigenvalue weighted by molar-refractivity contribution is 0.617. The third kappa shape index (κ3) is 5.51. The number of nitrogens with zero attached hydrogens (tertiary/aromatic N) is 4. The van der Waals surface area contributed by atoms with Crippen LogP contribution in [0.25, 0.3) is 112 Å². The zero-order chi connectivity index (χ0) is 37.0. The number of fused-ring (bicyclic) bond motifs is 5.